The van der Waals surface area contributed by atoms with Gasteiger partial charge < -0.3 is 0 Å². The van der Waals surface area contributed by atoms with Crippen molar-refractivity contribution in [1.82, 2.24) is 0 Å². The molecule has 5 heteroatoms. The Kier molecular flexibility index (Phi) is 3.18. The second-order valence-corrected chi connectivity index (χ2v) is 5.34. The number of hydrogen-bond donors (Lipinski definition) is 0. The highest BCUT2D eigenvalue weighted by atomic mass is 35.5. The fourth-order valence-corrected chi connectivity index (χ4v) is 2.90. The molecule has 3 rings (SSSR count). The van der Waals surface area contributed by atoms with Crippen LogP contribution in [0.25, 0.3) is 0 Å². The lowest BCUT2D eigenvalue weighted by atomic mass is 9.93. The molecular weight excluding hydrogens is 278 g/mol. The van der Waals surface area contributed by atoms with Crippen molar-refractivity contribution < 1.29 is 14.4 Å². The highest BCUT2D eigenvalue weighted by molar-refractivity contribution is 6.34. The summed E-state index contributed by atoms with van der Waals surface area (Å²) in [6, 6.07) is 4.59. The Hall–Kier alpha value is -1.94. The van der Waals surface area contributed by atoms with Crippen molar-refractivity contribution in [2.45, 2.75) is 25.7 Å². The summed E-state index contributed by atoms with van der Waals surface area (Å²) >= 11 is 5.87. The van der Waals surface area contributed by atoms with Crippen LogP contribution in [-0.4, -0.2) is 18.1 Å². The molecule has 20 heavy (non-hydrogen) atoms. The lowest BCUT2D eigenvalue weighted by molar-refractivity contribution is -0.120. The van der Waals surface area contributed by atoms with Crippen LogP contribution in [0, 0.1) is 0 Å². The first-order chi connectivity index (χ1) is 9.63. The van der Waals surface area contributed by atoms with Crippen LogP contribution >= 0.6 is 11.6 Å². The Bertz CT molecular complexity index is 635. The Morgan fingerprint density at radius 1 is 1.05 bits per heavy atom. The van der Waals surface area contributed by atoms with Gasteiger partial charge >= 0.3 is 0 Å². The lowest BCUT2D eigenvalue weighted by Gasteiger charge is -2.15. The highest BCUT2D eigenvalue weighted by Crippen LogP contribution is 2.36. The summed E-state index contributed by atoms with van der Waals surface area (Å²) in [5.41, 5.74) is 1.93. The van der Waals surface area contributed by atoms with Crippen LogP contribution in [-0.2, 0) is 9.59 Å². The molecule has 0 N–H and O–H groups in total. The monoisotopic (exact) mass is 289 g/mol. The number of anilines is 1. The Balaban J connectivity index is 2.02. The molecule has 0 radical (unpaired) electrons. The predicted molar refractivity (Wildman–Crippen MR) is 74.8 cm³/mol. The molecule has 2 aliphatic rings. The van der Waals surface area contributed by atoms with E-state index in [1.807, 2.05) is 0 Å². The van der Waals surface area contributed by atoms with Crippen molar-refractivity contribution in [2.24, 2.45) is 0 Å². The molecule has 0 spiro atoms. The largest absolute Gasteiger partial charge is 0.298 e. The number of aldehydes is 1. The molecule has 1 aromatic carbocycles. The average Bonchev–Trinajstić information content (AvgIpc) is 2.72. The van der Waals surface area contributed by atoms with Gasteiger partial charge in [-0.25, -0.2) is 4.90 Å². The van der Waals surface area contributed by atoms with E-state index in [2.05, 4.69) is 0 Å². The minimum Gasteiger partial charge on any atom is -0.298 e. The van der Waals surface area contributed by atoms with E-state index in [0.717, 1.165) is 17.7 Å². The van der Waals surface area contributed by atoms with Crippen molar-refractivity contribution in [3.63, 3.8) is 0 Å². The van der Waals surface area contributed by atoms with E-state index in [9.17, 15) is 14.4 Å². The third kappa shape index (κ3) is 1.88. The van der Waals surface area contributed by atoms with Crippen molar-refractivity contribution in [3.8, 4) is 0 Å². The zero-order valence-electron chi connectivity index (χ0n) is 10.7. The third-order valence-electron chi connectivity index (χ3n) is 3.76. The average molecular weight is 290 g/mol. The molecule has 4 nitrogen and oxygen atoms in total. The molecule has 0 atom stereocenters. The number of hydrogen-bond acceptors (Lipinski definition) is 3. The fraction of sp³-hybridized carbons (Fsp3) is 0.267. The van der Waals surface area contributed by atoms with E-state index in [4.69, 9.17) is 11.6 Å². The maximum atomic E-state index is 12.4. The first kappa shape index (κ1) is 13.1. The van der Waals surface area contributed by atoms with Crippen LogP contribution in [0.15, 0.2) is 29.3 Å². The van der Waals surface area contributed by atoms with Gasteiger partial charge in [0.2, 0.25) is 0 Å². The smallest absolute Gasteiger partial charge is 0.261 e. The van der Waals surface area contributed by atoms with Crippen molar-refractivity contribution in [3.05, 3.63) is 39.9 Å². The molecule has 0 aromatic heterocycles. The maximum absolute atomic E-state index is 12.4. The second-order valence-electron chi connectivity index (χ2n) is 4.93. The van der Waals surface area contributed by atoms with Crippen molar-refractivity contribution in [2.75, 3.05) is 4.90 Å². The number of carbonyl (C=O) groups is 3. The first-order valence-corrected chi connectivity index (χ1v) is 6.87. The molecule has 1 aliphatic carbocycles. The lowest BCUT2D eigenvalue weighted by Crippen LogP contribution is -2.31. The van der Waals surface area contributed by atoms with Crippen LogP contribution < -0.4 is 4.90 Å². The van der Waals surface area contributed by atoms with Gasteiger partial charge in [0.15, 0.2) is 6.29 Å². The molecule has 0 saturated heterocycles. The van der Waals surface area contributed by atoms with Crippen LogP contribution in [0.2, 0.25) is 5.02 Å². The zero-order chi connectivity index (χ0) is 14.3. The van der Waals surface area contributed by atoms with Gasteiger partial charge in [-0.1, -0.05) is 11.6 Å². The van der Waals surface area contributed by atoms with E-state index < -0.39 is 0 Å². The molecule has 1 aromatic rings. The Labute approximate surface area is 121 Å². The SMILES string of the molecule is O=Cc1cc(N2C(=O)C3=C(CCCC3)C2=O)ccc1Cl. The molecule has 0 saturated carbocycles. The zero-order valence-corrected chi connectivity index (χ0v) is 11.4. The van der Waals surface area contributed by atoms with Crippen molar-refractivity contribution in [1.29, 1.82) is 0 Å². The number of benzene rings is 1. The number of imide groups is 1. The van der Waals surface area contributed by atoms with Gasteiger partial charge in [0.05, 0.1) is 10.7 Å². The van der Waals surface area contributed by atoms with Crippen molar-refractivity contribution >= 4 is 35.4 Å². The van der Waals surface area contributed by atoms with E-state index >= 15 is 0 Å². The number of nitrogens with zero attached hydrogens (tertiary/aromatic N) is 1. The summed E-state index contributed by atoms with van der Waals surface area (Å²) in [6.07, 6.45) is 3.80. The number of rotatable bonds is 2. The molecule has 0 bridgehead atoms. The van der Waals surface area contributed by atoms with Gasteiger partial charge in [-0.05, 0) is 43.9 Å². The molecule has 0 fully saturated rings. The Morgan fingerprint density at radius 3 is 2.20 bits per heavy atom. The van der Waals surface area contributed by atoms with Crippen LogP contribution in [0.4, 0.5) is 5.69 Å². The van der Waals surface area contributed by atoms with E-state index in [-0.39, 0.29) is 17.4 Å². The standard InChI is InChI=1S/C15H12ClNO3/c16-13-6-5-10(7-9(13)8-18)17-14(19)11-3-1-2-4-12(11)15(17)20/h5-8H,1-4H2. The molecule has 1 heterocycles. The first-order valence-electron chi connectivity index (χ1n) is 6.49. The molecule has 2 amide bonds. The van der Waals surface area contributed by atoms with Crippen LogP contribution in [0.1, 0.15) is 36.0 Å². The normalized spacial score (nSPS) is 18.6. The molecular formula is C15H12ClNO3. The predicted octanol–water partition coefficient (Wildman–Crippen LogP) is 2.90. The summed E-state index contributed by atoms with van der Waals surface area (Å²) in [7, 11) is 0. The van der Waals surface area contributed by atoms with Crippen LogP contribution in [0.3, 0.4) is 0 Å². The number of carbonyl (C=O) groups excluding carboxylic acids is 3. The highest BCUT2D eigenvalue weighted by Gasteiger charge is 2.39. The van der Waals surface area contributed by atoms with E-state index in [1.54, 1.807) is 6.07 Å². The Morgan fingerprint density at radius 2 is 1.65 bits per heavy atom. The van der Waals surface area contributed by atoms with Gasteiger partial charge in [0, 0.05) is 16.7 Å². The van der Waals surface area contributed by atoms with Gasteiger partial charge in [0.25, 0.3) is 11.8 Å². The van der Waals surface area contributed by atoms with Gasteiger partial charge in [-0.3, -0.25) is 14.4 Å². The topological polar surface area (TPSA) is 54.5 Å². The third-order valence-corrected chi connectivity index (χ3v) is 4.10. The minimum absolute atomic E-state index is 0.260. The van der Waals surface area contributed by atoms with Gasteiger partial charge in [-0.2, -0.15) is 0 Å². The summed E-state index contributed by atoms with van der Waals surface area (Å²) in [5.74, 6) is -0.521. The summed E-state index contributed by atoms with van der Waals surface area (Å²) in [4.78, 5) is 36.8. The quantitative estimate of drug-likeness (QED) is 0.621. The van der Waals surface area contributed by atoms with Gasteiger partial charge in [0.1, 0.15) is 0 Å². The number of halogens is 1. The molecule has 1 aliphatic heterocycles. The number of amides is 2. The van der Waals surface area contributed by atoms with Crippen LogP contribution in [0.5, 0.6) is 0 Å². The second kappa shape index (κ2) is 4.87. The fourth-order valence-electron chi connectivity index (χ4n) is 2.73. The summed E-state index contributed by atoms with van der Waals surface area (Å²) < 4.78 is 0. The maximum Gasteiger partial charge on any atom is 0.261 e. The summed E-state index contributed by atoms with van der Waals surface area (Å²) in [5, 5.41) is 0.306. The van der Waals surface area contributed by atoms with Gasteiger partial charge in [-0.15, -0.1) is 0 Å². The van der Waals surface area contributed by atoms with E-state index in [1.165, 1.54) is 12.1 Å². The molecule has 0 unspecified atom stereocenters. The summed E-state index contributed by atoms with van der Waals surface area (Å²) in [6.45, 7) is 0. The molecule has 102 valence electrons. The van der Waals surface area contributed by atoms with E-state index in [0.29, 0.717) is 41.0 Å². The minimum atomic E-state index is -0.260.